The molecule has 0 bridgehead atoms. The molecule has 2 amide bonds. The zero-order valence-electron chi connectivity index (χ0n) is 16.2. The van der Waals surface area contributed by atoms with Crippen LogP contribution in [0.1, 0.15) is 19.8 Å². The van der Waals surface area contributed by atoms with Crippen molar-refractivity contribution in [1.29, 1.82) is 0 Å². The first-order valence-electron chi connectivity index (χ1n) is 8.46. The van der Waals surface area contributed by atoms with E-state index < -0.39 is 0 Å². The molecule has 0 aliphatic carbocycles. The molecule has 2 N–H and O–H groups in total. The second-order valence-corrected chi connectivity index (χ2v) is 5.33. The van der Waals surface area contributed by atoms with Crippen molar-refractivity contribution in [3.8, 4) is 59.2 Å². The Morgan fingerprint density at radius 3 is 1.89 bits per heavy atom. The number of nitrogens with one attached hydrogen (secondary N) is 2. The minimum Gasteiger partial charge on any atom is -0.359 e. The molecule has 1 heterocycles. The number of nitrogens with zero attached hydrogens (tertiary/aromatic N) is 1. The summed E-state index contributed by atoms with van der Waals surface area (Å²) in [4.78, 5) is 24.0. The van der Waals surface area contributed by atoms with Crippen molar-refractivity contribution < 1.29 is 9.59 Å². The number of carbonyl (C=O) groups is 2. The summed E-state index contributed by atoms with van der Waals surface area (Å²) in [6, 6.07) is 0. The van der Waals surface area contributed by atoms with Gasteiger partial charge in [-0.1, -0.05) is 0 Å². The van der Waals surface area contributed by atoms with Gasteiger partial charge >= 0.3 is 0 Å². The second-order valence-electron chi connectivity index (χ2n) is 5.33. The van der Waals surface area contributed by atoms with Gasteiger partial charge in [-0.15, -0.1) is 12.8 Å². The molecule has 1 fully saturated rings. The van der Waals surface area contributed by atoms with E-state index in [-0.39, 0.29) is 17.7 Å². The zero-order chi connectivity index (χ0) is 20.3. The Kier molecular flexibility index (Phi) is 14.0. The topological polar surface area (TPSA) is 61.4 Å². The first-order valence-corrected chi connectivity index (χ1v) is 8.46. The average Bonchev–Trinajstić information content (AvgIpc) is 2.69. The molecular formula is C22H24N3O2-. The SMILES string of the molecule is CNC(=O)C1CCN(C)CC1.C[CH-]C#CC#CC#CC#CC#CC(=O)NC. The Hall–Kier alpha value is -3.43. The van der Waals surface area contributed by atoms with Crippen LogP contribution in [0.5, 0.6) is 0 Å². The number of likely N-dealkylation sites (tertiary alicyclic amines) is 1. The Bertz CT molecular complexity index is 794. The van der Waals surface area contributed by atoms with E-state index in [1.54, 1.807) is 13.5 Å². The van der Waals surface area contributed by atoms with Gasteiger partial charge in [0.1, 0.15) is 0 Å². The highest BCUT2D eigenvalue weighted by Gasteiger charge is 2.21. The molecule has 1 saturated heterocycles. The van der Waals surface area contributed by atoms with Crippen molar-refractivity contribution in [3.05, 3.63) is 6.42 Å². The van der Waals surface area contributed by atoms with Crippen molar-refractivity contribution in [1.82, 2.24) is 15.5 Å². The number of hydrogen-bond donors (Lipinski definition) is 2. The number of rotatable bonds is 1. The standard InChI is InChI=1S/C14H8NO.C8H16N2O/c1-3-4-5-6-7-8-9-10-11-12-13-14(16)15-2;1-9-8(11)7-3-5-10(2)6-4-7/h3H,1-2H3,(H,15,16);7H,3-6H2,1-2H3,(H,9,11)/q-1;. The van der Waals surface area contributed by atoms with Crippen LogP contribution >= 0.6 is 0 Å². The number of hydrogen-bond acceptors (Lipinski definition) is 3. The van der Waals surface area contributed by atoms with E-state index >= 15 is 0 Å². The molecule has 1 aliphatic heterocycles. The summed E-state index contributed by atoms with van der Waals surface area (Å²) in [5, 5.41) is 5.03. The van der Waals surface area contributed by atoms with Gasteiger partial charge in [0.2, 0.25) is 5.91 Å². The number of carbonyl (C=O) groups excluding carboxylic acids is 2. The van der Waals surface area contributed by atoms with E-state index in [0.717, 1.165) is 25.9 Å². The first-order chi connectivity index (χ1) is 13.0. The van der Waals surface area contributed by atoms with Crippen LogP contribution in [0, 0.1) is 71.5 Å². The lowest BCUT2D eigenvalue weighted by atomic mass is 9.96. The third kappa shape index (κ3) is 13.5. The lowest BCUT2D eigenvalue weighted by Gasteiger charge is -2.27. The van der Waals surface area contributed by atoms with Crippen molar-refractivity contribution in [2.24, 2.45) is 5.92 Å². The van der Waals surface area contributed by atoms with E-state index in [2.05, 4.69) is 81.8 Å². The molecule has 0 saturated carbocycles. The van der Waals surface area contributed by atoms with E-state index in [9.17, 15) is 9.59 Å². The van der Waals surface area contributed by atoms with Gasteiger partial charge in [-0.2, -0.15) is 6.42 Å². The summed E-state index contributed by atoms with van der Waals surface area (Å²) >= 11 is 0. The number of piperidine rings is 1. The highest BCUT2D eigenvalue weighted by molar-refractivity contribution is 5.93. The summed E-state index contributed by atoms with van der Waals surface area (Å²) in [7, 11) is 5.30. The largest absolute Gasteiger partial charge is 0.359 e. The summed E-state index contributed by atoms with van der Waals surface area (Å²) in [6.45, 7) is 3.92. The molecule has 1 aliphatic rings. The number of amides is 2. The molecular weight excluding hydrogens is 338 g/mol. The lowest BCUT2D eigenvalue weighted by Crippen LogP contribution is -2.37. The fourth-order valence-electron chi connectivity index (χ4n) is 1.92. The first kappa shape index (κ1) is 23.6. The van der Waals surface area contributed by atoms with Crippen LogP contribution < -0.4 is 10.6 Å². The lowest BCUT2D eigenvalue weighted by molar-refractivity contribution is -0.125. The smallest absolute Gasteiger partial charge is 0.296 e. The fraction of sp³-hybridized carbons (Fsp3) is 0.409. The molecule has 1 rings (SSSR count). The molecule has 5 nitrogen and oxygen atoms in total. The van der Waals surface area contributed by atoms with Crippen molar-refractivity contribution in [2.75, 3.05) is 34.2 Å². The molecule has 5 heteroatoms. The highest BCUT2D eigenvalue weighted by atomic mass is 16.2. The van der Waals surface area contributed by atoms with Gasteiger partial charge in [0.05, 0.1) is 0 Å². The van der Waals surface area contributed by atoms with Gasteiger partial charge in [-0.05, 0) is 68.5 Å². The third-order valence-corrected chi connectivity index (χ3v) is 3.39. The van der Waals surface area contributed by atoms with Crippen molar-refractivity contribution in [3.63, 3.8) is 0 Å². The molecule has 0 atom stereocenters. The maximum atomic E-state index is 11.1. The van der Waals surface area contributed by atoms with Gasteiger partial charge in [0, 0.05) is 25.9 Å². The van der Waals surface area contributed by atoms with Crippen LogP contribution in [0.25, 0.3) is 0 Å². The molecule has 0 unspecified atom stereocenters. The maximum absolute atomic E-state index is 11.1. The third-order valence-electron chi connectivity index (χ3n) is 3.39. The fourth-order valence-corrected chi connectivity index (χ4v) is 1.92. The van der Waals surface area contributed by atoms with E-state index in [4.69, 9.17) is 0 Å². The Labute approximate surface area is 163 Å². The van der Waals surface area contributed by atoms with Gasteiger partial charge in [0.25, 0.3) is 5.91 Å². The summed E-state index contributed by atoms with van der Waals surface area (Å²) in [5.74, 6) is 24.7. The van der Waals surface area contributed by atoms with Crippen LogP contribution in [0.15, 0.2) is 0 Å². The van der Waals surface area contributed by atoms with Gasteiger partial charge in [-0.3, -0.25) is 15.5 Å². The molecule has 27 heavy (non-hydrogen) atoms. The minimum atomic E-state index is -0.381. The van der Waals surface area contributed by atoms with Crippen molar-refractivity contribution in [2.45, 2.75) is 19.8 Å². The highest BCUT2D eigenvalue weighted by Crippen LogP contribution is 2.15. The quantitative estimate of drug-likeness (QED) is 0.512. The van der Waals surface area contributed by atoms with Crippen molar-refractivity contribution >= 4 is 11.8 Å². The predicted molar refractivity (Wildman–Crippen MR) is 107 cm³/mol. The molecule has 0 spiro atoms. The Morgan fingerprint density at radius 2 is 1.41 bits per heavy atom. The van der Waals surface area contributed by atoms with E-state index in [1.807, 2.05) is 6.92 Å². The van der Waals surface area contributed by atoms with Crippen LogP contribution in [-0.2, 0) is 9.59 Å². The predicted octanol–water partition coefficient (Wildman–Crippen LogP) is 0.0478. The Balaban J connectivity index is 0.000000533. The maximum Gasteiger partial charge on any atom is 0.296 e. The minimum absolute atomic E-state index is 0.207. The molecule has 0 radical (unpaired) electrons. The van der Waals surface area contributed by atoms with Crippen LogP contribution in [0.4, 0.5) is 0 Å². The molecule has 0 aromatic heterocycles. The summed E-state index contributed by atoms with van der Waals surface area (Å²) in [6.07, 6.45) is 3.71. The zero-order valence-corrected chi connectivity index (χ0v) is 16.2. The average molecular weight is 362 g/mol. The van der Waals surface area contributed by atoms with Crippen LogP contribution in [0.3, 0.4) is 0 Å². The van der Waals surface area contributed by atoms with E-state index in [1.165, 1.54) is 7.05 Å². The van der Waals surface area contributed by atoms with Gasteiger partial charge in [-0.25, -0.2) is 5.92 Å². The molecule has 140 valence electrons. The molecule has 0 aromatic rings. The van der Waals surface area contributed by atoms with Gasteiger partial charge < -0.3 is 15.5 Å². The molecule has 0 aromatic carbocycles. The van der Waals surface area contributed by atoms with Crippen LogP contribution in [-0.4, -0.2) is 50.9 Å². The monoisotopic (exact) mass is 362 g/mol. The summed E-state index contributed by atoms with van der Waals surface area (Å²) < 4.78 is 0. The Morgan fingerprint density at radius 1 is 0.889 bits per heavy atom. The van der Waals surface area contributed by atoms with Crippen LogP contribution in [0.2, 0.25) is 0 Å². The normalized spacial score (nSPS) is 11.9. The van der Waals surface area contributed by atoms with E-state index in [0.29, 0.717) is 0 Å². The second kappa shape index (κ2) is 16.1. The van der Waals surface area contributed by atoms with Gasteiger partial charge in [0.15, 0.2) is 0 Å². The summed E-state index contributed by atoms with van der Waals surface area (Å²) in [5.41, 5.74) is 0.